The Hall–Kier alpha value is -2.67. The van der Waals surface area contributed by atoms with E-state index in [1.807, 2.05) is 49.4 Å². The van der Waals surface area contributed by atoms with E-state index in [4.69, 9.17) is 5.26 Å². The van der Waals surface area contributed by atoms with Gasteiger partial charge in [-0.25, -0.2) is 0 Å². The molecule has 0 radical (unpaired) electrons. The number of hydrogen-bond donors (Lipinski definition) is 1. The van der Waals surface area contributed by atoms with Gasteiger partial charge in [0, 0.05) is 12.4 Å². The third kappa shape index (κ3) is 3.50. The average Bonchev–Trinajstić information content (AvgIpc) is 2.55. The summed E-state index contributed by atoms with van der Waals surface area (Å²) in [4.78, 5) is 16.0. The van der Waals surface area contributed by atoms with Crippen molar-refractivity contribution in [1.82, 2.24) is 10.3 Å². The number of carbonyl (C=O) groups excluding carboxylic acids is 1. The number of pyridine rings is 1. The van der Waals surface area contributed by atoms with E-state index in [-0.39, 0.29) is 11.9 Å². The van der Waals surface area contributed by atoms with Crippen LogP contribution in [0.1, 0.15) is 32.4 Å². The Labute approximate surface area is 130 Å². The van der Waals surface area contributed by atoms with Crippen LogP contribution < -0.4 is 5.32 Å². The molecule has 1 N–H and O–H groups in total. The van der Waals surface area contributed by atoms with Crippen LogP contribution in [0.5, 0.6) is 0 Å². The molecule has 0 unspecified atom stereocenters. The molecule has 1 heterocycles. The first-order valence-corrected chi connectivity index (χ1v) is 7.16. The van der Waals surface area contributed by atoms with Crippen LogP contribution in [-0.2, 0) is 4.79 Å². The molecule has 1 amide bonds. The molecule has 0 spiro atoms. The van der Waals surface area contributed by atoms with Gasteiger partial charge in [-0.15, -0.1) is 0 Å². The minimum atomic E-state index is -1.02. The number of hydrogen-bond acceptors (Lipinski definition) is 3. The lowest BCUT2D eigenvalue weighted by Crippen LogP contribution is -2.37. The van der Waals surface area contributed by atoms with Gasteiger partial charge in [0.1, 0.15) is 5.41 Å². The van der Waals surface area contributed by atoms with E-state index in [0.717, 1.165) is 16.7 Å². The maximum Gasteiger partial charge on any atom is 0.240 e. The lowest BCUT2D eigenvalue weighted by atomic mass is 9.93. The van der Waals surface area contributed by atoms with Crippen LogP contribution in [0.4, 0.5) is 0 Å². The zero-order valence-electron chi connectivity index (χ0n) is 13.0. The summed E-state index contributed by atoms with van der Waals surface area (Å²) in [6, 6.07) is 13.8. The molecule has 2 rings (SSSR count). The van der Waals surface area contributed by atoms with Crippen molar-refractivity contribution in [2.75, 3.05) is 0 Å². The fraction of sp³-hybridized carbons (Fsp3) is 0.278. The van der Waals surface area contributed by atoms with Crippen molar-refractivity contribution in [2.24, 2.45) is 5.41 Å². The quantitative estimate of drug-likeness (QED) is 0.938. The Morgan fingerprint density at radius 1 is 1.14 bits per heavy atom. The van der Waals surface area contributed by atoms with Crippen molar-refractivity contribution in [3.05, 3.63) is 54.4 Å². The number of carbonyl (C=O) groups is 1. The number of benzene rings is 1. The maximum atomic E-state index is 12.0. The molecule has 1 atom stereocenters. The lowest BCUT2D eigenvalue weighted by Gasteiger charge is -2.20. The molecule has 4 heteroatoms. The van der Waals surface area contributed by atoms with Crippen molar-refractivity contribution in [3.63, 3.8) is 0 Å². The molecular weight excluding hydrogens is 274 g/mol. The standard InChI is InChI=1S/C18H19N3O/c1-13(21-17(22)18(2,3)12-19)14-4-6-15(7-5-14)16-8-10-20-11-9-16/h4-11,13H,1-3H3,(H,21,22)/t13-/m0/s1. The second-order valence-corrected chi connectivity index (χ2v) is 5.79. The van der Waals surface area contributed by atoms with Gasteiger partial charge in [-0.2, -0.15) is 5.26 Å². The van der Waals surface area contributed by atoms with E-state index in [2.05, 4.69) is 10.3 Å². The summed E-state index contributed by atoms with van der Waals surface area (Å²) >= 11 is 0. The molecular formula is C18H19N3O. The Kier molecular flexibility index (Phi) is 4.57. The maximum absolute atomic E-state index is 12.0. The second-order valence-electron chi connectivity index (χ2n) is 5.79. The summed E-state index contributed by atoms with van der Waals surface area (Å²) in [5.74, 6) is -0.263. The normalized spacial score (nSPS) is 12.3. The number of nitrogens with one attached hydrogen (secondary N) is 1. The molecule has 0 aliphatic rings. The Morgan fingerprint density at radius 2 is 1.68 bits per heavy atom. The van der Waals surface area contributed by atoms with Gasteiger partial charge in [0.25, 0.3) is 0 Å². The molecule has 0 aliphatic carbocycles. The van der Waals surface area contributed by atoms with Gasteiger partial charge in [-0.3, -0.25) is 9.78 Å². The molecule has 0 saturated carbocycles. The second kappa shape index (κ2) is 6.40. The average molecular weight is 293 g/mol. The van der Waals surface area contributed by atoms with E-state index in [9.17, 15) is 4.79 Å². The summed E-state index contributed by atoms with van der Waals surface area (Å²) in [5.41, 5.74) is 2.18. The first-order chi connectivity index (χ1) is 10.4. The van der Waals surface area contributed by atoms with Gasteiger partial charge in [0.15, 0.2) is 0 Å². The Balaban J connectivity index is 2.11. The highest BCUT2D eigenvalue weighted by atomic mass is 16.2. The fourth-order valence-electron chi connectivity index (χ4n) is 2.02. The molecule has 0 saturated heterocycles. The molecule has 4 nitrogen and oxygen atoms in total. The van der Waals surface area contributed by atoms with Crippen molar-refractivity contribution in [1.29, 1.82) is 5.26 Å². The lowest BCUT2D eigenvalue weighted by molar-refractivity contribution is -0.127. The smallest absolute Gasteiger partial charge is 0.240 e. The minimum absolute atomic E-state index is 0.147. The van der Waals surface area contributed by atoms with Crippen molar-refractivity contribution in [3.8, 4) is 17.2 Å². The number of nitriles is 1. The van der Waals surface area contributed by atoms with E-state index < -0.39 is 5.41 Å². The summed E-state index contributed by atoms with van der Waals surface area (Å²) in [6.07, 6.45) is 3.52. The summed E-state index contributed by atoms with van der Waals surface area (Å²) in [7, 11) is 0. The molecule has 0 bridgehead atoms. The van der Waals surface area contributed by atoms with Crippen LogP contribution in [0.15, 0.2) is 48.8 Å². The van der Waals surface area contributed by atoms with Crippen LogP contribution in [0, 0.1) is 16.7 Å². The van der Waals surface area contributed by atoms with Crippen LogP contribution in [0.3, 0.4) is 0 Å². The van der Waals surface area contributed by atoms with Crippen LogP contribution in [0.2, 0.25) is 0 Å². The van der Waals surface area contributed by atoms with Gasteiger partial charge in [0.2, 0.25) is 5.91 Å². The van der Waals surface area contributed by atoms with E-state index in [1.54, 1.807) is 26.2 Å². The van der Waals surface area contributed by atoms with Gasteiger partial charge in [-0.1, -0.05) is 24.3 Å². The number of amides is 1. The predicted molar refractivity (Wildman–Crippen MR) is 85.6 cm³/mol. The number of rotatable bonds is 4. The monoisotopic (exact) mass is 293 g/mol. The minimum Gasteiger partial charge on any atom is -0.348 e. The number of nitrogens with zero attached hydrogens (tertiary/aromatic N) is 2. The first-order valence-electron chi connectivity index (χ1n) is 7.16. The van der Waals surface area contributed by atoms with Crippen molar-refractivity contribution >= 4 is 5.91 Å². The Morgan fingerprint density at radius 3 is 2.23 bits per heavy atom. The first kappa shape index (κ1) is 15.7. The molecule has 0 aliphatic heterocycles. The van der Waals surface area contributed by atoms with Gasteiger partial charge in [-0.05, 0) is 49.6 Å². The molecule has 2 aromatic rings. The molecule has 1 aromatic carbocycles. The highest BCUT2D eigenvalue weighted by Crippen LogP contribution is 2.22. The highest BCUT2D eigenvalue weighted by molar-refractivity contribution is 5.84. The van der Waals surface area contributed by atoms with Gasteiger partial charge in [0.05, 0.1) is 12.1 Å². The summed E-state index contributed by atoms with van der Waals surface area (Å²) < 4.78 is 0. The summed E-state index contributed by atoms with van der Waals surface area (Å²) in [6.45, 7) is 5.13. The van der Waals surface area contributed by atoms with E-state index in [0.29, 0.717) is 0 Å². The predicted octanol–water partition coefficient (Wildman–Crippen LogP) is 3.48. The number of aromatic nitrogens is 1. The van der Waals surface area contributed by atoms with Gasteiger partial charge < -0.3 is 5.32 Å². The van der Waals surface area contributed by atoms with Crippen LogP contribution in [-0.4, -0.2) is 10.9 Å². The molecule has 1 aromatic heterocycles. The van der Waals surface area contributed by atoms with Crippen molar-refractivity contribution < 1.29 is 4.79 Å². The van der Waals surface area contributed by atoms with Crippen LogP contribution >= 0.6 is 0 Å². The zero-order chi connectivity index (χ0) is 16.2. The SMILES string of the molecule is C[C@H](NC(=O)C(C)(C)C#N)c1ccc(-c2ccncc2)cc1. The zero-order valence-corrected chi connectivity index (χ0v) is 13.0. The molecule has 0 fully saturated rings. The summed E-state index contributed by atoms with van der Waals surface area (Å²) in [5, 5.41) is 11.9. The van der Waals surface area contributed by atoms with E-state index in [1.165, 1.54) is 0 Å². The largest absolute Gasteiger partial charge is 0.348 e. The third-order valence-electron chi connectivity index (χ3n) is 3.62. The molecule has 112 valence electrons. The molecule has 22 heavy (non-hydrogen) atoms. The topological polar surface area (TPSA) is 65.8 Å². The van der Waals surface area contributed by atoms with Crippen LogP contribution in [0.25, 0.3) is 11.1 Å². The highest BCUT2D eigenvalue weighted by Gasteiger charge is 2.28. The third-order valence-corrected chi connectivity index (χ3v) is 3.62. The van der Waals surface area contributed by atoms with Crippen molar-refractivity contribution in [2.45, 2.75) is 26.8 Å². The Bertz CT molecular complexity index is 685. The van der Waals surface area contributed by atoms with Gasteiger partial charge >= 0.3 is 0 Å². The fourth-order valence-corrected chi connectivity index (χ4v) is 2.02. The van der Waals surface area contributed by atoms with E-state index >= 15 is 0 Å².